The number of esters is 1. The molecule has 18 heavy (non-hydrogen) atoms. The van der Waals surface area contributed by atoms with E-state index in [9.17, 15) is 4.79 Å². The molecule has 2 aliphatic heterocycles. The molecule has 0 radical (unpaired) electrons. The number of nitrogens with one attached hydrogen (secondary N) is 1. The van der Waals surface area contributed by atoms with Crippen LogP contribution in [-0.4, -0.2) is 49.7 Å². The fourth-order valence-electron chi connectivity index (χ4n) is 3.00. The number of ether oxygens (including phenoxy) is 1. The van der Waals surface area contributed by atoms with Gasteiger partial charge in [-0.2, -0.15) is 0 Å². The highest BCUT2D eigenvalue weighted by Crippen LogP contribution is 2.19. The number of carbonyl (C=O) groups is 1. The van der Waals surface area contributed by atoms with Gasteiger partial charge in [-0.05, 0) is 52.2 Å². The van der Waals surface area contributed by atoms with Gasteiger partial charge in [-0.3, -0.25) is 4.79 Å². The zero-order valence-corrected chi connectivity index (χ0v) is 11.5. The third kappa shape index (κ3) is 3.95. The van der Waals surface area contributed by atoms with Gasteiger partial charge in [0.2, 0.25) is 0 Å². The van der Waals surface area contributed by atoms with E-state index in [1.54, 1.807) is 0 Å². The van der Waals surface area contributed by atoms with Crippen LogP contribution in [0.5, 0.6) is 0 Å². The van der Waals surface area contributed by atoms with E-state index < -0.39 is 0 Å². The molecule has 2 saturated heterocycles. The Hall–Kier alpha value is -0.610. The van der Waals surface area contributed by atoms with E-state index in [0.29, 0.717) is 12.6 Å². The lowest BCUT2D eigenvalue weighted by Crippen LogP contribution is -2.46. The molecular weight excluding hydrogens is 228 g/mol. The molecule has 4 heteroatoms. The Labute approximate surface area is 110 Å². The lowest BCUT2D eigenvalue weighted by molar-refractivity contribution is -0.149. The quantitative estimate of drug-likeness (QED) is 0.770. The molecule has 104 valence electrons. The van der Waals surface area contributed by atoms with Gasteiger partial charge in [-0.1, -0.05) is 6.42 Å². The second kappa shape index (κ2) is 7.10. The summed E-state index contributed by atoms with van der Waals surface area (Å²) in [6.07, 6.45) is 5.91. The van der Waals surface area contributed by atoms with Crippen LogP contribution in [0, 0.1) is 5.92 Å². The van der Waals surface area contributed by atoms with Crippen LogP contribution in [0.3, 0.4) is 0 Å². The Bertz CT molecular complexity index is 257. The molecule has 0 saturated carbocycles. The largest absolute Gasteiger partial charge is 0.466 e. The minimum absolute atomic E-state index is 0.00735. The summed E-state index contributed by atoms with van der Waals surface area (Å²) >= 11 is 0. The first kappa shape index (κ1) is 13.8. The average molecular weight is 254 g/mol. The standard InChI is InChI=1S/C14H26N2O2/c1-2-18-14(17)12-6-9-16(10-7-12)11-13-5-3-4-8-15-13/h12-13,15H,2-11H2,1H3. The predicted molar refractivity (Wildman–Crippen MR) is 71.4 cm³/mol. The molecular formula is C14H26N2O2. The van der Waals surface area contributed by atoms with Gasteiger partial charge in [-0.25, -0.2) is 0 Å². The molecule has 0 aromatic rings. The summed E-state index contributed by atoms with van der Waals surface area (Å²) < 4.78 is 5.10. The number of hydrogen-bond acceptors (Lipinski definition) is 4. The first-order chi connectivity index (χ1) is 8.79. The second-order valence-corrected chi connectivity index (χ2v) is 5.47. The van der Waals surface area contributed by atoms with Crippen LogP contribution in [0.15, 0.2) is 0 Å². The number of piperidine rings is 2. The number of carbonyl (C=O) groups excluding carboxylic acids is 1. The van der Waals surface area contributed by atoms with Crippen LogP contribution in [0.4, 0.5) is 0 Å². The van der Waals surface area contributed by atoms with Crippen molar-refractivity contribution in [2.75, 3.05) is 32.8 Å². The molecule has 2 aliphatic rings. The highest BCUT2D eigenvalue weighted by molar-refractivity contribution is 5.72. The van der Waals surface area contributed by atoms with Crippen molar-refractivity contribution in [1.29, 1.82) is 0 Å². The van der Waals surface area contributed by atoms with E-state index >= 15 is 0 Å². The van der Waals surface area contributed by atoms with Gasteiger partial charge in [-0.15, -0.1) is 0 Å². The first-order valence-electron chi connectivity index (χ1n) is 7.42. The van der Waals surface area contributed by atoms with Gasteiger partial charge in [0, 0.05) is 12.6 Å². The van der Waals surface area contributed by atoms with E-state index in [0.717, 1.165) is 32.5 Å². The van der Waals surface area contributed by atoms with Crippen molar-refractivity contribution in [2.45, 2.75) is 45.1 Å². The number of hydrogen-bond donors (Lipinski definition) is 1. The van der Waals surface area contributed by atoms with Gasteiger partial charge >= 0.3 is 5.97 Å². The molecule has 1 N–H and O–H groups in total. The molecule has 2 rings (SSSR count). The van der Waals surface area contributed by atoms with Crippen LogP contribution < -0.4 is 5.32 Å². The first-order valence-corrected chi connectivity index (χ1v) is 7.42. The molecule has 2 heterocycles. The van der Waals surface area contributed by atoms with Crippen molar-refractivity contribution in [2.24, 2.45) is 5.92 Å². The molecule has 1 unspecified atom stereocenters. The molecule has 2 fully saturated rings. The molecule has 1 atom stereocenters. The molecule has 0 aliphatic carbocycles. The maximum Gasteiger partial charge on any atom is 0.309 e. The third-order valence-electron chi connectivity index (χ3n) is 4.10. The molecule has 0 aromatic carbocycles. The Morgan fingerprint density at radius 1 is 1.28 bits per heavy atom. The summed E-state index contributed by atoms with van der Waals surface area (Å²) in [7, 11) is 0. The normalized spacial score (nSPS) is 27.1. The summed E-state index contributed by atoms with van der Waals surface area (Å²) in [5.74, 6) is 0.147. The van der Waals surface area contributed by atoms with E-state index in [1.807, 2.05) is 6.92 Å². The van der Waals surface area contributed by atoms with Crippen LogP contribution in [0.1, 0.15) is 39.0 Å². The molecule has 0 amide bonds. The van der Waals surface area contributed by atoms with Gasteiger partial charge < -0.3 is 15.0 Å². The van der Waals surface area contributed by atoms with E-state index in [-0.39, 0.29) is 11.9 Å². The highest BCUT2D eigenvalue weighted by atomic mass is 16.5. The summed E-state index contributed by atoms with van der Waals surface area (Å²) in [4.78, 5) is 14.1. The van der Waals surface area contributed by atoms with Gasteiger partial charge in [0.25, 0.3) is 0 Å². The molecule has 0 bridgehead atoms. The van der Waals surface area contributed by atoms with Crippen molar-refractivity contribution < 1.29 is 9.53 Å². The topological polar surface area (TPSA) is 41.6 Å². The number of nitrogens with zero attached hydrogens (tertiary/aromatic N) is 1. The van der Waals surface area contributed by atoms with Gasteiger partial charge in [0.05, 0.1) is 12.5 Å². The number of rotatable bonds is 4. The fourth-order valence-corrected chi connectivity index (χ4v) is 3.00. The van der Waals surface area contributed by atoms with Crippen molar-refractivity contribution in [3.63, 3.8) is 0 Å². The van der Waals surface area contributed by atoms with Crippen LogP contribution >= 0.6 is 0 Å². The minimum Gasteiger partial charge on any atom is -0.466 e. The van der Waals surface area contributed by atoms with E-state index in [4.69, 9.17) is 4.74 Å². The maximum absolute atomic E-state index is 11.6. The summed E-state index contributed by atoms with van der Waals surface area (Å²) in [5.41, 5.74) is 0. The van der Waals surface area contributed by atoms with E-state index in [2.05, 4.69) is 10.2 Å². The van der Waals surface area contributed by atoms with Crippen LogP contribution in [0.25, 0.3) is 0 Å². The molecule has 0 spiro atoms. The van der Waals surface area contributed by atoms with Crippen LogP contribution in [-0.2, 0) is 9.53 Å². The van der Waals surface area contributed by atoms with Crippen molar-refractivity contribution >= 4 is 5.97 Å². The Balaban J connectivity index is 1.68. The second-order valence-electron chi connectivity index (χ2n) is 5.47. The fraction of sp³-hybridized carbons (Fsp3) is 0.929. The monoisotopic (exact) mass is 254 g/mol. The molecule has 4 nitrogen and oxygen atoms in total. The van der Waals surface area contributed by atoms with Crippen LogP contribution in [0.2, 0.25) is 0 Å². The highest BCUT2D eigenvalue weighted by Gasteiger charge is 2.27. The Morgan fingerprint density at radius 2 is 2.06 bits per heavy atom. The minimum atomic E-state index is 0.00735. The van der Waals surface area contributed by atoms with E-state index in [1.165, 1.54) is 25.8 Å². The van der Waals surface area contributed by atoms with Gasteiger partial charge in [0.15, 0.2) is 0 Å². The third-order valence-corrected chi connectivity index (χ3v) is 4.10. The number of likely N-dealkylation sites (tertiary alicyclic amines) is 1. The van der Waals surface area contributed by atoms with Crippen molar-refractivity contribution in [3.8, 4) is 0 Å². The zero-order chi connectivity index (χ0) is 12.8. The predicted octanol–water partition coefficient (Wildman–Crippen LogP) is 1.40. The average Bonchev–Trinajstić information content (AvgIpc) is 2.41. The lowest BCUT2D eigenvalue weighted by Gasteiger charge is -2.34. The lowest BCUT2D eigenvalue weighted by atomic mass is 9.96. The van der Waals surface area contributed by atoms with Crippen molar-refractivity contribution in [3.05, 3.63) is 0 Å². The Kier molecular flexibility index (Phi) is 5.45. The summed E-state index contributed by atoms with van der Waals surface area (Å²) in [5, 5.41) is 3.59. The smallest absolute Gasteiger partial charge is 0.309 e. The molecule has 0 aromatic heterocycles. The van der Waals surface area contributed by atoms with Gasteiger partial charge in [0.1, 0.15) is 0 Å². The zero-order valence-electron chi connectivity index (χ0n) is 11.5. The Morgan fingerprint density at radius 3 is 2.67 bits per heavy atom. The summed E-state index contributed by atoms with van der Waals surface area (Å²) in [6.45, 7) is 6.79. The SMILES string of the molecule is CCOC(=O)C1CCN(CC2CCCCN2)CC1. The summed E-state index contributed by atoms with van der Waals surface area (Å²) in [6, 6.07) is 0.665. The maximum atomic E-state index is 11.6. The van der Waals surface area contributed by atoms with Crippen molar-refractivity contribution in [1.82, 2.24) is 10.2 Å².